The van der Waals surface area contributed by atoms with E-state index in [9.17, 15) is 14.0 Å². The molecule has 1 heterocycles. The zero-order chi connectivity index (χ0) is 11.9. The van der Waals surface area contributed by atoms with Gasteiger partial charge in [-0.25, -0.2) is 4.39 Å². The monoisotopic (exact) mass is 285 g/mol. The van der Waals surface area contributed by atoms with Crippen LogP contribution in [-0.4, -0.2) is 18.2 Å². The number of amides is 1. The Bertz CT molecular complexity index is 487. The maximum absolute atomic E-state index is 13.3. The van der Waals surface area contributed by atoms with Crippen molar-refractivity contribution in [1.82, 2.24) is 0 Å². The highest BCUT2D eigenvalue weighted by atomic mass is 79.9. The van der Waals surface area contributed by atoms with E-state index in [1.807, 2.05) is 6.92 Å². The van der Waals surface area contributed by atoms with Crippen LogP contribution >= 0.6 is 15.9 Å². The van der Waals surface area contributed by atoms with Crippen molar-refractivity contribution in [3.63, 3.8) is 0 Å². The van der Waals surface area contributed by atoms with Crippen LogP contribution in [0.3, 0.4) is 0 Å². The number of benzene rings is 1. The lowest BCUT2D eigenvalue weighted by Gasteiger charge is -2.15. The van der Waals surface area contributed by atoms with Gasteiger partial charge in [0.15, 0.2) is 0 Å². The molecule has 5 heteroatoms. The first-order valence-electron chi connectivity index (χ1n) is 4.91. The molecule has 0 saturated carbocycles. The Labute approximate surface area is 100 Å². The molecule has 2 rings (SSSR count). The van der Waals surface area contributed by atoms with Gasteiger partial charge >= 0.3 is 0 Å². The number of fused-ring (bicyclic) bond motifs is 1. The zero-order valence-corrected chi connectivity index (χ0v) is 10.2. The predicted octanol–water partition coefficient (Wildman–Crippen LogP) is 2.53. The summed E-state index contributed by atoms with van der Waals surface area (Å²) in [6.07, 6.45) is 0.718. The quantitative estimate of drug-likeness (QED) is 0.783. The number of carbonyl (C=O) groups excluding carboxylic acids is 2. The molecule has 0 N–H and O–H groups in total. The molecule has 16 heavy (non-hydrogen) atoms. The van der Waals surface area contributed by atoms with Crippen LogP contribution in [-0.2, 0) is 4.79 Å². The number of rotatable bonds is 2. The van der Waals surface area contributed by atoms with Gasteiger partial charge in [-0.1, -0.05) is 6.92 Å². The van der Waals surface area contributed by atoms with Crippen molar-refractivity contribution < 1.29 is 14.0 Å². The van der Waals surface area contributed by atoms with Gasteiger partial charge in [0.1, 0.15) is 5.82 Å². The first kappa shape index (κ1) is 11.3. The van der Waals surface area contributed by atoms with Gasteiger partial charge in [-0.15, -0.1) is 0 Å². The molecule has 0 radical (unpaired) electrons. The van der Waals surface area contributed by atoms with Crippen molar-refractivity contribution in [2.24, 2.45) is 0 Å². The number of hydrogen-bond acceptors (Lipinski definition) is 2. The summed E-state index contributed by atoms with van der Waals surface area (Å²) in [6, 6.07) is 2.58. The van der Waals surface area contributed by atoms with E-state index in [4.69, 9.17) is 0 Å². The van der Waals surface area contributed by atoms with Crippen molar-refractivity contribution in [2.75, 3.05) is 11.4 Å². The molecule has 0 unspecified atom stereocenters. The second kappa shape index (κ2) is 3.97. The Morgan fingerprint density at radius 2 is 2.06 bits per heavy atom. The molecule has 0 spiro atoms. The summed E-state index contributed by atoms with van der Waals surface area (Å²) in [7, 11) is 0. The van der Waals surface area contributed by atoms with Crippen molar-refractivity contribution in [3.05, 3.63) is 28.0 Å². The number of halogens is 2. The number of Topliss-reactive ketones (excluding diaryl/α,β-unsaturated/α-hetero) is 1. The number of ketones is 1. The highest BCUT2D eigenvalue weighted by Crippen LogP contribution is 2.33. The third-order valence-electron chi connectivity index (χ3n) is 2.46. The SMILES string of the molecule is CCCN1C(=O)C(=O)c2cc(Br)c(F)cc21. The summed E-state index contributed by atoms with van der Waals surface area (Å²) in [5, 5.41) is 0. The molecule has 3 nitrogen and oxygen atoms in total. The van der Waals surface area contributed by atoms with Gasteiger partial charge in [-0.3, -0.25) is 9.59 Å². The summed E-state index contributed by atoms with van der Waals surface area (Å²) < 4.78 is 13.5. The van der Waals surface area contributed by atoms with Gasteiger partial charge in [0.25, 0.3) is 11.7 Å². The van der Waals surface area contributed by atoms with Crippen molar-refractivity contribution in [1.29, 1.82) is 0 Å². The molecule has 0 aliphatic carbocycles. The number of carbonyl (C=O) groups is 2. The third-order valence-corrected chi connectivity index (χ3v) is 3.07. The van der Waals surface area contributed by atoms with Crippen LogP contribution in [0.4, 0.5) is 10.1 Å². The molecule has 84 valence electrons. The van der Waals surface area contributed by atoms with Crippen LogP contribution in [0, 0.1) is 5.82 Å². The zero-order valence-electron chi connectivity index (χ0n) is 8.59. The maximum atomic E-state index is 13.3. The van der Waals surface area contributed by atoms with Crippen molar-refractivity contribution in [2.45, 2.75) is 13.3 Å². The minimum absolute atomic E-state index is 0.200. The summed E-state index contributed by atoms with van der Waals surface area (Å²) in [5.74, 6) is -1.61. The predicted molar refractivity (Wildman–Crippen MR) is 61.1 cm³/mol. The van der Waals surface area contributed by atoms with Crippen LogP contribution in [0.2, 0.25) is 0 Å². The molecular formula is C11H9BrFNO2. The maximum Gasteiger partial charge on any atom is 0.299 e. The average Bonchev–Trinajstić information content (AvgIpc) is 2.46. The fourth-order valence-electron chi connectivity index (χ4n) is 1.73. The highest BCUT2D eigenvalue weighted by molar-refractivity contribution is 9.10. The van der Waals surface area contributed by atoms with Crippen LogP contribution in [0.15, 0.2) is 16.6 Å². The Morgan fingerprint density at radius 3 is 2.69 bits per heavy atom. The van der Waals surface area contributed by atoms with Gasteiger partial charge in [0.2, 0.25) is 0 Å². The molecule has 0 fully saturated rings. The van der Waals surface area contributed by atoms with E-state index >= 15 is 0 Å². The summed E-state index contributed by atoms with van der Waals surface area (Å²) in [6.45, 7) is 2.32. The van der Waals surface area contributed by atoms with E-state index in [-0.39, 0.29) is 10.0 Å². The Balaban J connectivity index is 2.56. The second-order valence-electron chi connectivity index (χ2n) is 3.57. The standard InChI is InChI=1S/C11H9BrFNO2/c1-2-3-14-9-5-8(13)7(12)4-6(9)10(15)11(14)16/h4-5H,2-3H2,1H3. The molecule has 0 saturated heterocycles. The molecule has 1 aliphatic heterocycles. The van der Waals surface area contributed by atoms with Gasteiger partial charge in [0.05, 0.1) is 15.7 Å². The normalized spacial score (nSPS) is 14.6. The second-order valence-corrected chi connectivity index (χ2v) is 4.42. The van der Waals surface area contributed by atoms with E-state index in [1.165, 1.54) is 17.0 Å². The molecule has 1 aromatic rings. The van der Waals surface area contributed by atoms with Crippen LogP contribution in [0.5, 0.6) is 0 Å². The molecule has 1 aliphatic rings. The Kier molecular flexibility index (Phi) is 2.80. The number of nitrogens with zero attached hydrogens (tertiary/aromatic N) is 1. The average molecular weight is 286 g/mol. The lowest BCUT2D eigenvalue weighted by Crippen LogP contribution is -2.30. The number of anilines is 1. The van der Waals surface area contributed by atoms with E-state index in [0.29, 0.717) is 12.2 Å². The lowest BCUT2D eigenvalue weighted by molar-refractivity contribution is -0.114. The smallest absolute Gasteiger partial charge is 0.299 e. The first-order valence-corrected chi connectivity index (χ1v) is 5.70. The summed E-state index contributed by atoms with van der Waals surface area (Å²) >= 11 is 3.00. The van der Waals surface area contributed by atoms with E-state index in [1.54, 1.807) is 0 Å². The highest BCUT2D eigenvalue weighted by Gasteiger charge is 2.36. The van der Waals surface area contributed by atoms with Crippen LogP contribution < -0.4 is 4.90 Å². The molecule has 0 atom stereocenters. The van der Waals surface area contributed by atoms with Gasteiger partial charge < -0.3 is 4.90 Å². The Morgan fingerprint density at radius 1 is 1.38 bits per heavy atom. The van der Waals surface area contributed by atoms with Crippen molar-refractivity contribution >= 4 is 33.3 Å². The fraction of sp³-hybridized carbons (Fsp3) is 0.273. The molecule has 1 aromatic carbocycles. The van der Waals surface area contributed by atoms with E-state index in [2.05, 4.69) is 15.9 Å². The van der Waals surface area contributed by atoms with E-state index in [0.717, 1.165) is 6.42 Å². The van der Waals surface area contributed by atoms with E-state index < -0.39 is 17.5 Å². The van der Waals surface area contributed by atoms with Crippen LogP contribution in [0.1, 0.15) is 23.7 Å². The molecule has 1 amide bonds. The van der Waals surface area contributed by atoms with Crippen molar-refractivity contribution in [3.8, 4) is 0 Å². The van der Waals surface area contributed by atoms with Gasteiger partial charge in [0, 0.05) is 6.54 Å². The number of hydrogen-bond donors (Lipinski definition) is 0. The topological polar surface area (TPSA) is 37.4 Å². The van der Waals surface area contributed by atoms with Gasteiger partial charge in [-0.2, -0.15) is 0 Å². The minimum atomic E-state index is -0.575. The van der Waals surface area contributed by atoms with Gasteiger partial charge in [-0.05, 0) is 34.5 Å². The fourth-order valence-corrected chi connectivity index (χ4v) is 2.08. The largest absolute Gasteiger partial charge is 0.305 e. The molecular weight excluding hydrogens is 277 g/mol. The van der Waals surface area contributed by atoms with Crippen LogP contribution in [0.25, 0.3) is 0 Å². The first-order chi connectivity index (χ1) is 7.56. The Hall–Kier alpha value is -1.23. The molecule has 0 aromatic heterocycles. The molecule has 0 bridgehead atoms. The lowest BCUT2D eigenvalue weighted by atomic mass is 10.1. The summed E-state index contributed by atoms with van der Waals surface area (Å²) in [5.41, 5.74) is 0.643. The third kappa shape index (κ3) is 1.55. The summed E-state index contributed by atoms with van der Waals surface area (Å²) in [4.78, 5) is 24.6. The minimum Gasteiger partial charge on any atom is -0.305 e.